The number of hydrogen-bond donors (Lipinski definition) is 2. The molecule has 23 heavy (non-hydrogen) atoms. The molecule has 118 valence electrons. The van der Waals surface area contributed by atoms with Gasteiger partial charge in [-0.25, -0.2) is 14.6 Å². The molecule has 8 nitrogen and oxygen atoms in total. The van der Waals surface area contributed by atoms with Crippen LogP contribution in [0.2, 0.25) is 0 Å². The van der Waals surface area contributed by atoms with E-state index in [1.807, 2.05) is 19.1 Å². The Morgan fingerprint density at radius 1 is 1.43 bits per heavy atom. The third kappa shape index (κ3) is 2.23. The topological polar surface area (TPSA) is 102 Å². The maximum absolute atomic E-state index is 11.6. The average molecular weight is 313 g/mol. The summed E-state index contributed by atoms with van der Waals surface area (Å²) in [6.45, 7) is 1.91. The number of nitrogens with one attached hydrogen (secondary N) is 1. The van der Waals surface area contributed by atoms with Crippen molar-refractivity contribution in [2.75, 3.05) is 5.32 Å². The van der Waals surface area contributed by atoms with Crippen molar-refractivity contribution in [1.29, 1.82) is 0 Å². The van der Waals surface area contributed by atoms with Crippen LogP contribution in [-0.2, 0) is 9.53 Å². The van der Waals surface area contributed by atoms with E-state index in [1.54, 1.807) is 10.8 Å². The smallest absolute Gasteiger partial charge is 0.249 e. The summed E-state index contributed by atoms with van der Waals surface area (Å²) in [7, 11) is 0. The Hall–Kier alpha value is -2.58. The van der Waals surface area contributed by atoms with Crippen molar-refractivity contribution in [2.45, 2.75) is 31.8 Å². The van der Waals surface area contributed by atoms with Crippen LogP contribution in [-0.4, -0.2) is 43.0 Å². The molecule has 0 saturated carbocycles. The summed E-state index contributed by atoms with van der Waals surface area (Å²) in [5.74, 6) is 0.142. The predicted octanol–water partition coefficient (Wildman–Crippen LogP) is 1.02. The van der Waals surface area contributed by atoms with Crippen molar-refractivity contribution in [3.63, 3.8) is 0 Å². The zero-order chi connectivity index (χ0) is 16.0. The van der Waals surface area contributed by atoms with E-state index >= 15 is 0 Å². The maximum Gasteiger partial charge on any atom is 0.249 e. The van der Waals surface area contributed by atoms with Crippen LogP contribution in [0, 0.1) is 0 Å². The van der Waals surface area contributed by atoms with E-state index in [4.69, 9.17) is 4.74 Å². The molecule has 0 unspecified atom stereocenters. The number of anilines is 1. The van der Waals surface area contributed by atoms with Gasteiger partial charge < -0.3 is 15.2 Å². The van der Waals surface area contributed by atoms with Crippen molar-refractivity contribution in [3.05, 3.63) is 30.2 Å². The lowest BCUT2D eigenvalue weighted by Crippen LogP contribution is -2.21. The molecule has 1 amide bonds. The van der Waals surface area contributed by atoms with Gasteiger partial charge in [0, 0.05) is 12.5 Å². The van der Waals surface area contributed by atoms with Gasteiger partial charge in [0.2, 0.25) is 5.91 Å². The maximum atomic E-state index is 11.6. The minimum Gasteiger partial charge on any atom is -0.388 e. The molecule has 3 atom stereocenters. The molecule has 1 saturated heterocycles. The average Bonchev–Trinajstić information content (AvgIpc) is 3.01. The first kappa shape index (κ1) is 14.0. The summed E-state index contributed by atoms with van der Waals surface area (Å²) in [5.41, 5.74) is 1.08. The second-order valence-electron chi connectivity index (χ2n) is 5.47. The van der Waals surface area contributed by atoms with Gasteiger partial charge in [-0.1, -0.05) is 12.2 Å². The van der Waals surface area contributed by atoms with Gasteiger partial charge in [0.25, 0.3) is 0 Å². The van der Waals surface area contributed by atoms with Gasteiger partial charge in [-0.15, -0.1) is 0 Å². The second kappa shape index (κ2) is 5.25. The van der Waals surface area contributed by atoms with Crippen LogP contribution < -0.4 is 5.32 Å². The van der Waals surface area contributed by atoms with Gasteiger partial charge in [0.15, 0.2) is 11.9 Å². The molecular formula is C15H15N5O3. The zero-order valence-corrected chi connectivity index (χ0v) is 12.4. The SMILES string of the molecule is C/C=C/[C@@H]1C[C@@H](O)[C@H](n2nc3c4c(ncnc42)NC(=O)C=C3)O1. The van der Waals surface area contributed by atoms with Gasteiger partial charge >= 0.3 is 0 Å². The van der Waals surface area contributed by atoms with Gasteiger partial charge in [-0.05, 0) is 13.0 Å². The van der Waals surface area contributed by atoms with Crippen LogP contribution in [0.25, 0.3) is 17.1 Å². The molecule has 2 aromatic rings. The number of ether oxygens (including phenoxy) is 1. The molecule has 2 aliphatic heterocycles. The number of aliphatic hydroxyl groups is 1. The number of rotatable bonds is 2. The Morgan fingerprint density at radius 2 is 2.30 bits per heavy atom. The van der Waals surface area contributed by atoms with Crippen LogP contribution in [0.5, 0.6) is 0 Å². The summed E-state index contributed by atoms with van der Waals surface area (Å²) in [4.78, 5) is 20.0. The number of aromatic nitrogens is 4. The Bertz CT molecular complexity index is 841. The highest BCUT2D eigenvalue weighted by atomic mass is 16.5. The number of amides is 1. The van der Waals surface area contributed by atoms with Crippen molar-refractivity contribution in [2.24, 2.45) is 0 Å². The quantitative estimate of drug-likeness (QED) is 0.802. The Morgan fingerprint density at radius 3 is 3.13 bits per heavy atom. The molecule has 2 aromatic heterocycles. The van der Waals surface area contributed by atoms with E-state index in [9.17, 15) is 9.90 Å². The van der Waals surface area contributed by atoms with Crippen LogP contribution in [0.15, 0.2) is 24.6 Å². The van der Waals surface area contributed by atoms with E-state index in [0.29, 0.717) is 29.0 Å². The fourth-order valence-corrected chi connectivity index (χ4v) is 2.94. The van der Waals surface area contributed by atoms with Crippen LogP contribution in [0.3, 0.4) is 0 Å². The first-order valence-electron chi connectivity index (χ1n) is 7.36. The summed E-state index contributed by atoms with van der Waals surface area (Å²) < 4.78 is 7.43. The van der Waals surface area contributed by atoms with Crippen molar-refractivity contribution < 1.29 is 14.6 Å². The Kier molecular flexibility index (Phi) is 3.21. The second-order valence-corrected chi connectivity index (χ2v) is 5.47. The molecule has 4 rings (SSSR count). The fraction of sp³-hybridized carbons (Fsp3) is 0.333. The van der Waals surface area contributed by atoms with E-state index in [2.05, 4.69) is 20.4 Å². The van der Waals surface area contributed by atoms with Gasteiger partial charge in [0.1, 0.15) is 18.2 Å². The van der Waals surface area contributed by atoms with Gasteiger partial charge in [-0.2, -0.15) is 5.10 Å². The number of nitrogens with zero attached hydrogens (tertiary/aromatic N) is 4. The molecule has 2 N–H and O–H groups in total. The molecular weight excluding hydrogens is 298 g/mol. The monoisotopic (exact) mass is 313 g/mol. The number of aliphatic hydroxyl groups excluding tert-OH is 1. The molecule has 4 heterocycles. The van der Waals surface area contributed by atoms with Gasteiger partial charge in [0.05, 0.1) is 17.2 Å². The number of carbonyl (C=O) groups is 1. The third-order valence-electron chi connectivity index (χ3n) is 3.92. The lowest BCUT2D eigenvalue weighted by atomic mass is 10.2. The van der Waals surface area contributed by atoms with E-state index in [-0.39, 0.29) is 12.0 Å². The fourth-order valence-electron chi connectivity index (χ4n) is 2.94. The Balaban J connectivity index is 1.83. The summed E-state index contributed by atoms with van der Waals surface area (Å²) in [6.07, 6.45) is 7.17. The van der Waals surface area contributed by atoms with Gasteiger partial charge in [-0.3, -0.25) is 4.79 Å². The lowest BCUT2D eigenvalue weighted by molar-refractivity contribution is -0.111. The highest BCUT2D eigenvalue weighted by Crippen LogP contribution is 2.34. The largest absolute Gasteiger partial charge is 0.388 e. The minimum atomic E-state index is -0.688. The number of allylic oxidation sites excluding steroid dienone is 1. The van der Waals surface area contributed by atoms with Crippen LogP contribution >= 0.6 is 0 Å². The normalized spacial score (nSPS) is 26.9. The number of hydrogen-bond acceptors (Lipinski definition) is 6. The lowest BCUT2D eigenvalue weighted by Gasteiger charge is -2.15. The molecule has 8 heteroatoms. The standard InChI is InChI=1S/C15H15N5O3/c1-2-3-8-6-10(21)15(23-8)20-14-12-9(19-20)4-5-11(22)18-13(12)16-7-17-14/h2-5,7-8,10,15,21H,6H2,1H3,(H,16,17,18,22)/b3-2+/t8-,10-,15-/m1/s1. The molecule has 0 aliphatic carbocycles. The van der Waals surface area contributed by atoms with E-state index in [0.717, 1.165) is 0 Å². The van der Waals surface area contributed by atoms with Crippen LogP contribution in [0.4, 0.5) is 5.82 Å². The molecule has 0 aromatic carbocycles. The molecule has 0 bridgehead atoms. The molecule has 0 radical (unpaired) electrons. The Labute approximate surface area is 131 Å². The van der Waals surface area contributed by atoms with Crippen LogP contribution in [0.1, 0.15) is 25.3 Å². The molecule has 2 aliphatic rings. The first-order valence-corrected chi connectivity index (χ1v) is 7.36. The first-order chi connectivity index (χ1) is 11.2. The summed E-state index contributed by atoms with van der Waals surface area (Å²) in [5, 5.41) is 18.1. The summed E-state index contributed by atoms with van der Waals surface area (Å²) in [6, 6.07) is 0. The van der Waals surface area contributed by atoms with E-state index in [1.165, 1.54) is 12.4 Å². The molecule has 1 fully saturated rings. The number of carbonyl (C=O) groups excluding carboxylic acids is 1. The van der Waals surface area contributed by atoms with E-state index < -0.39 is 12.3 Å². The molecule has 0 spiro atoms. The third-order valence-corrected chi connectivity index (χ3v) is 3.92. The zero-order valence-electron chi connectivity index (χ0n) is 12.4. The predicted molar refractivity (Wildman–Crippen MR) is 82.3 cm³/mol. The van der Waals surface area contributed by atoms with Crippen molar-refractivity contribution >= 4 is 28.8 Å². The van der Waals surface area contributed by atoms with Crippen molar-refractivity contribution in [1.82, 2.24) is 19.7 Å². The van der Waals surface area contributed by atoms with Crippen molar-refractivity contribution in [3.8, 4) is 0 Å². The summed E-state index contributed by atoms with van der Waals surface area (Å²) >= 11 is 0. The highest BCUT2D eigenvalue weighted by Gasteiger charge is 2.36. The minimum absolute atomic E-state index is 0.160. The highest BCUT2D eigenvalue weighted by molar-refractivity contribution is 6.10.